The van der Waals surface area contributed by atoms with Crippen molar-refractivity contribution in [1.29, 1.82) is 5.26 Å². The van der Waals surface area contributed by atoms with Crippen LogP contribution in [0.5, 0.6) is 0 Å². The van der Waals surface area contributed by atoms with Gasteiger partial charge in [0.05, 0.1) is 29.2 Å². The van der Waals surface area contributed by atoms with Crippen LogP contribution in [0, 0.1) is 11.3 Å². The number of hydrogen-bond donors (Lipinski definition) is 2. The van der Waals surface area contributed by atoms with E-state index in [0.717, 1.165) is 55.4 Å². The highest BCUT2D eigenvalue weighted by Crippen LogP contribution is 2.42. The van der Waals surface area contributed by atoms with Crippen molar-refractivity contribution in [3.05, 3.63) is 60.0 Å². The number of rotatable bonds is 5. The summed E-state index contributed by atoms with van der Waals surface area (Å²) in [6.07, 6.45) is 9.01. The Bertz CT molecular complexity index is 1120. The van der Waals surface area contributed by atoms with Gasteiger partial charge >= 0.3 is 0 Å². The van der Waals surface area contributed by atoms with Crippen LogP contribution in [-0.2, 0) is 0 Å². The maximum Gasteiger partial charge on any atom is 0.132 e. The maximum atomic E-state index is 9.16. The molecule has 0 atom stereocenters. The Kier molecular flexibility index (Phi) is 6.84. The molecular weight excluding hydrogens is 422 g/mol. The van der Waals surface area contributed by atoms with Gasteiger partial charge in [-0.05, 0) is 67.6 Å². The van der Waals surface area contributed by atoms with Gasteiger partial charge < -0.3 is 15.5 Å². The second kappa shape index (κ2) is 9.94. The fourth-order valence-electron chi connectivity index (χ4n) is 3.96. The van der Waals surface area contributed by atoms with Gasteiger partial charge in [0.15, 0.2) is 0 Å². The van der Waals surface area contributed by atoms with Gasteiger partial charge in [0, 0.05) is 37.6 Å². The Labute approximate surface area is 194 Å². The first-order chi connectivity index (χ1) is 15.3. The Hall–Kier alpha value is -3.21. The molecule has 1 saturated heterocycles. The molecule has 32 heavy (non-hydrogen) atoms. The standard InChI is InChI=1S/C24H25N7.ClH/c25-14-17-4-6-28-23(10-17)30-24-13-19(18-2-3-18)12-22(29-24)20-11-21(16-27-15-20)31-8-1-5-26-7-9-31;/h4,6,10-13,15-16,18,26H,1-3,5,7-9H2,(H,28,29,30);1H. The van der Waals surface area contributed by atoms with Crippen LogP contribution in [0.1, 0.15) is 36.3 Å². The van der Waals surface area contributed by atoms with E-state index in [-0.39, 0.29) is 12.4 Å². The van der Waals surface area contributed by atoms with E-state index >= 15 is 0 Å². The summed E-state index contributed by atoms with van der Waals surface area (Å²) in [5.41, 5.74) is 4.91. The van der Waals surface area contributed by atoms with Crippen molar-refractivity contribution in [2.75, 3.05) is 36.4 Å². The van der Waals surface area contributed by atoms with Crippen molar-refractivity contribution in [1.82, 2.24) is 20.3 Å². The number of aromatic nitrogens is 3. The minimum atomic E-state index is 0. The quantitative estimate of drug-likeness (QED) is 0.604. The molecule has 5 rings (SSSR count). The fourth-order valence-corrected chi connectivity index (χ4v) is 3.96. The summed E-state index contributed by atoms with van der Waals surface area (Å²) < 4.78 is 0. The first-order valence-corrected chi connectivity index (χ1v) is 10.8. The number of pyridine rings is 3. The van der Waals surface area contributed by atoms with Crippen molar-refractivity contribution >= 4 is 29.7 Å². The first-order valence-electron chi connectivity index (χ1n) is 10.8. The lowest BCUT2D eigenvalue weighted by molar-refractivity contribution is 0.724. The smallest absolute Gasteiger partial charge is 0.132 e. The summed E-state index contributed by atoms with van der Waals surface area (Å²) in [4.78, 5) is 16.1. The third-order valence-corrected chi connectivity index (χ3v) is 5.77. The number of nitriles is 1. The second-order valence-electron chi connectivity index (χ2n) is 8.13. The average molecular weight is 448 g/mol. The molecule has 1 saturated carbocycles. The SMILES string of the molecule is Cl.N#Cc1ccnc(Nc2cc(C3CC3)cc(-c3cncc(N4CCCNCC4)c3)n2)c1. The average Bonchev–Trinajstić information content (AvgIpc) is 3.67. The maximum absolute atomic E-state index is 9.16. The largest absolute Gasteiger partial charge is 0.369 e. The monoisotopic (exact) mass is 447 g/mol. The molecule has 1 aliphatic carbocycles. The predicted molar refractivity (Wildman–Crippen MR) is 129 cm³/mol. The van der Waals surface area contributed by atoms with Gasteiger partial charge in [0.1, 0.15) is 11.6 Å². The lowest BCUT2D eigenvalue weighted by atomic mass is 10.1. The number of nitrogens with one attached hydrogen (secondary N) is 2. The molecule has 2 fully saturated rings. The number of nitrogens with zero attached hydrogens (tertiary/aromatic N) is 5. The van der Waals surface area contributed by atoms with Crippen LogP contribution in [0.15, 0.2) is 48.9 Å². The van der Waals surface area contributed by atoms with Crippen molar-refractivity contribution in [3.8, 4) is 17.3 Å². The minimum absolute atomic E-state index is 0. The molecule has 3 aromatic rings. The summed E-state index contributed by atoms with van der Waals surface area (Å²) >= 11 is 0. The zero-order chi connectivity index (χ0) is 21.0. The van der Waals surface area contributed by atoms with Crippen molar-refractivity contribution in [3.63, 3.8) is 0 Å². The van der Waals surface area contributed by atoms with E-state index in [1.54, 1.807) is 18.3 Å². The van der Waals surface area contributed by atoms with Gasteiger partial charge in [-0.2, -0.15) is 5.26 Å². The number of halogens is 1. The van der Waals surface area contributed by atoms with E-state index in [9.17, 15) is 0 Å². The highest BCUT2D eigenvalue weighted by atomic mass is 35.5. The second-order valence-corrected chi connectivity index (χ2v) is 8.13. The summed E-state index contributed by atoms with van der Waals surface area (Å²) in [6, 6.07) is 12.1. The molecule has 0 unspecified atom stereocenters. The van der Waals surface area contributed by atoms with E-state index < -0.39 is 0 Å². The highest BCUT2D eigenvalue weighted by Gasteiger charge is 2.25. The summed E-state index contributed by atoms with van der Waals surface area (Å²) in [7, 11) is 0. The van der Waals surface area contributed by atoms with Gasteiger partial charge in [-0.3, -0.25) is 4.98 Å². The van der Waals surface area contributed by atoms with Crippen LogP contribution < -0.4 is 15.5 Å². The number of hydrogen-bond acceptors (Lipinski definition) is 7. The topological polar surface area (TPSA) is 89.8 Å². The Morgan fingerprint density at radius 1 is 1.06 bits per heavy atom. The van der Waals surface area contributed by atoms with Crippen LogP contribution in [0.3, 0.4) is 0 Å². The fraction of sp³-hybridized carbons (Fsp3) is 0.333. The highest BCUT2D eigenvalue weighted by molar-refractivity contribution is 5.85. The van der Waals surface area contributed by atoms with Crippen LogP contribution in [0.2, 0.25) is 0 Å². The van der Waals surface area contributed by atoms with Crippen molar-refractivity contribution in [2.24, 2.45) is 0 Å². The molecule has 2 N–H and O–H groups in total. The molecular formula is C24H26ClN7. The van der Waals surface area contributed by atoms with Gasteiger partial charge in [0.25, 0.3) is 0 Å². The molecule has 7 nitrogen and oxygen atoms in total. The lowest BCUT2D eigenvalue weighted by Crippen LogP contribution is -2.27. The summed E-state index contributed by atoms with van der Waals surface area (Å²) in [6.45, 7) is 4.06. The Morgan fingerprint density at radius 3 is 2.81 bits per heavy atom. The third-order valence-electron chi connectivity index (χ3n) is 5.77. The third kappa shape index (κ3) is 5.16. The lowest BCUT2D eigenvalue weighted by Gasteiger charge is -2.22. The van der Waals surface area contributed by atoms with Crippen molar-refractivity contribution < 1.29 is 0 Å². The molecule has 0 aromatic carbocycles. The first kappa shape index (κ1) is 22.0. The van der Waals surface area contributed by atoms with Gasteiger partial charge in [-0.1, -0.05) is 0 Å². The molecule has 0 bridgehead atoms. The molecule has 0 radical (unpaired) electrons. The van der Waals surface area contributed by atoms with Crippen LogP contribution >= 0.6 is 12.4 Å². The molecule has 164 valence electrons. The molecule has 2 aliphatic rings. The number of anilines is 3. The van der Waals surface area contributed by atoms with Crippen molar-refractivity contribution in [2.45, 2.75) is 25.2 Å². The van der Waals surface area contributed by atoms with E-state index in [0.29, 0.717) is 17.3 Å². The minimum Gasteiger partial charge on any atom is -0.369 e. The van der Waals surface area contributed by atoms with E-state index in [1.807, 2.05) is 12.4 Å². The molecule has 1 aliphatic heterocycles. The van der Waals surface area contributed by atoms with Gasteiger partial charge in [-0.15, -0.1) is 12.4 Å². The normalized spacial score (nSPS) is 15.9. The predicted octanol–water partition coefficient (Wildman–Crippen LogP) is 4.25. The van der Waals surface area contributed by atoms with E-state index in [4.69, 9.17) is 10.2 Å². The van der Waals surface area contributed by atoms with Crippen LogP contribution in [0.4, 0.5) is 17.3 Å². The molecule has 0 amide bonds. The molecule has 4 heterocycles. The zero-order valence-corrected chi connectivity index (χ0v) is 18.6. The van der Waals surface area contributed by atoms with Gasteiger partial charge in [-0.25, -0.2) is 9.97 Å². The van der Waals surface area contributed by atoms with Crippen LogP contribution in [0.25, 0.3) is 11.3 Å². The summed E-state index contributed by atoms with van der Waals surface area (Å²) in [5, 5.41) is 15.9. The molecule has 8 heteroatoms. The Balaban J connectivity index is 0.00000245. The Morgan fingerprint density at radius 2 is 1.97 bits per heavy atom. The van der Waals surface area contributed by atoms with Gasteiger partial charge in [0.2, 0.25) is 0 Å². The van der Waals surface area contributed by atoms with E-state index in [1.165, 1.54) is 18.4 Å². The molecule has 3 aromatic heterocycles. The molecule has 0 spiro atoms. The zero-order valence-electron chi connectivity index (χ0n) is 17.8. The summed E-state index contributed by atoms with van der Waals surface area (Å²) in [5.74, 6) is 1.95. The van der Waals surface area contributed by atoms with E-state index in [2.05, 4.69) is 49.8 Å². The van der Waals surface area contributed by atoms with Crippen LogP contribution in [-0.4, -0.2) is 41.1 Å².